The summed E-state index contributed by atoms with van der Waals surface area (Å²) in [7, 11) is 1.68. The minimum Gasteiger partial charge on any atom is -0.386 e. The van der Waals surface area contributed by atoms with E-state index in [1.807, 2.05) is 0 Å². The number of aliphatic hydroxyl groups excluding tert-OH is 1. The summed E-state index contributed by atoms with van der Waals surface area (Å²) in [5.41, 5.74) is 1.57. The lowest BCUT2D eigenvalue weighted by atomic mass is 10.1. The topological polar surface area (TPSA) is 67.2 Å². The number of carbonyl (C=O) groups is 1. The van der Waals surface area contributed by atoms with Crippen molar-refractivity contribution in [1.82, 2.24) is 15.1 Å². The quantitative estimate of drug-likeness (QED) is 0.906. The average Bonchev–Trinajstić information content (AvgIpc) is 2.75. The van der Waals surface area contributed by atoms with Gasteiger partial charge in [-0.05, 0) is 25.1 Å². The van der Waals surface area contributed by atoms with Crippen LogP contribution in [0.4, 0.5) is 0 Å². The number of hydrogen-bond donors (Lipinski definition) is 2. The Morgan fingerprint density at radius 1 is 1.43 bits per heavy atom. The van der Waals surface area contributed by atoms with Crippen LogP contribution in [-0.2, 0) is 7.05 Å². The van der Waals surface area contributed by atoms with E-state index >= 15 is 0 Å². The largest absolute Gasteiger partial charge is 0.386 e. The van der Waals surface area contributed by atoms with Crippen LogP contribution < -0.4 is 5.32 Å². The molecule has 1 heterocycles. The van der Waals surface area contributed by atoms with Crippen LogP contribution in [0.1, 0.15) is 27.8 Å². The molecule has 0 aliphatic heterocycles. The summed E-state index contributed by atoms with van der Waals surface area (Å²) in [6, 6.07) is 6.64. The van der Waals surface area contributed by atoms with Crippen LogP contribution in [0.15, 0.2) is 24.3 Å². The molecule has 112 valence electrons. The summed E-state index contributed by atoms with van der Waals surface area (Å²) < 4.78 is 1.49. The Balaban J connectivity index is 2.06. The van der Waals surface area contributed by atoms with Gasteiger partial charge in [-0.1, -0.05) is 29.3 Å². The lowest BCUT2D eigenvalue weighted by Crippen LogP contribution is -2.30. The predicted molar refractivity (Wildman–Crippen MR) is 81.7 cm³/mol. The monoisotopic (exact) mass is 327 g/mol. The van der Waals surface area contributed by atoms with E-state index in [1.165, 1.54) is 4.68 Å². The second-order valence-corrected chi connectivity index (χ2v) is 5.47. The van der Waals surface area contributed by atoms with Gasteiger partial charge in [0.15, 0.2) is 0 Å². The van der Waals surface area contributed by atoms with Crippen molar-refractivity contribution in [2.75, 3.05) is 6.54 Å². The fourth-order valence-electron chi connectivity index (χ4n) is 2.03. The lowest BCUT2D eigenvalue weighted by Gasteiger charge is -2.15. The van der Waals surface area contributed by atoms with E-state index in [0.717, 1.165) is 5.69 Å². The molecule has 1 unspecified atom stereocenters. The van der Waals surface area contributed by atoms with Crippen LogP contribution in [0.5, 0.6) is 0 Å². The third-order valence-corrected chi connectivity index (χ3v) is 3.68. The lowest BCUT2D eigenvalue weighted by molar-refractivity contribution is 0.0907. The molecule has 2 rings (SSSR count). The van der Waals surface area contributed by atoms with Gasteiger partial charge in [0.2, 0.25) is 0 Å². The van der Waals surface area contributed by atoms with Crippen molar-refractivity contribution in [2.45, 2.75) is 13.0 Å². The van der Waals surface area contributed by atoms with Crippen molar-refractivity contribution in [1.29, 1.82) is 0 Å². The first-order chi connectivity index (χ1) is 9.90. The summed E-state index contributed by atoms with van der Waals surface area (Å²) in [4.78, 5) is 12.0. The zero-order valence-electron chi connectivity index (χ0n) is 11.6. The average molecular weight is 328 g/mol. The van der Waals surface area contributed by atoms with Gasteiger partial charge in [-0.3, -0.25) is 9.48 Å². The number of nitrogens with zero attached hydrogens (tertiary/aromatic N) is 2. The van der Waals surface area contributed by atoms with Gasteiger partial charge in [0.25, 0.3) is 5.91 Å². The van der Waals surface area contributed by atoms with Gasteiger partial charge in [0.05, 0.1) is 11.8 Å². The van der Waals surface area contributed by atoms with E-state index in [0.29, 0.717) is 21.3 Å². The van der Waals surface area contributed by atoms with Crippen LogP contribution in [0, 0.1) is 6.92 Å². The van der Waals surface area contributed by atoms with Crippen LogP contribution in [-0.4, -0.2) is 27.3 Å². The van der Waals surface area contributed by atoms with Gasteiger partial charge in [-0.25, -0.2) is 0 Å². The first kappa shape index (κ1) is 15.8. The Kier molecular flexibility index (Phi) is 4.88. The number of aromatic nitrogens is 2. The van der Waals surface area contributed by atoms with Gasteiger partial charge in [-0.2, -0.15) is 5.10 Å². The minimum atomic E-state index is -0.982. The van der Waals surface area contributed by atoms with E-state index in [4.69, 9.17) is 23.2 Å². The normalized spacial score (nSPS) is 12.2. The molecular weight excluding hydrogens is 313 g/mol. The number of nitrogens with one attached hydrogen (secondary N) is 1. The molecule has 5 nitrogen and oxygen atoms in total. The smallest absolute Gasteiger partial charge is 0.269 e. The molecule has 0 aliphatic rings. The maximum absolute atomic E-state index is 12.0. The molecule has 7 heteroatoms. The van der Waals surface area contributed by atoms with Crippen LogP contribution in [0.2, 0.25) is 10.0 Å². The van der Waals surface area contributed by atoms with Crippen molar-refractivity contribution >= 4 is 29.1 Å². The van der Waals surface area contributed by atoms with Crippen molar-refractivity contribution in [2.24, 2.45) is 7.05 Å². The van der Waals surface area contributed by atoms with Crippen molar-refractivity contribution < 1.29 is 9.90 Å². The predicted octanol–water partition coefficient (Wildman–Crippen LogP) is 2.50. The molecule has 1 aromatic carbocycles. The molecule has 0 bridgehead atoms. The number of rotatable bonds is 4. The Morgan fingerprint density at radius 3 is 2.57 bits per heavy atom. The second-order valence-electron chi connectivity index (χ2n) is 4.66. The zero-order chi connectivity index (χ0) is 15.6. The number of aryl methyl sites for hydroxylation is 2. The summed E-state index contributed by atoms with van der Waals surface area (Å²) in [6.07, 6.45) is -0.982. The number of benzene rings is 1. The van der Waals surface area contributed by atoms with E-state index < -0.39 is 6.10 Å². The van der Waals surface area contributed by atoms with Crippen molar-refractivity contribution in [3.63, 3.8) is 0 Å². The van der Waals surface area contributed by atoms with Gasteiger partial charge in [0, 0.05) is 29.2 Å². The maximum Gasteiger partial charge on any atom is 0.269 e. The zero-order valence-corrected chi connectivity index (χ0v) is 13.1. The minimum absolute atomic E-state index is 0.00646. The molecule has 1 aromatic heterocycles. The molecule has 0 saturated heterocycles. The standard InChI is InChI=1S/C14H15Cl2N3O2/c1-8-6-11(19(2)18-8)14(21)17-7-12(20)13-9(15)4-3-5-10(13)16/h3-6,12,20H,7H2,1-2H3,(H,17,21). The fraction of sp³-hybridized carbons (Fsp3) is 0.286. The maximum atomic E-state index is 12.0. The molecule has 0 spiro atoms. The Hall–Kier alpha value is -1.56. The van der Waals surface area contributed by atoms with Gasteiger partial charge in [-0.15, -0.1) is 0 Å². The molecule has 21 heavy (non-hydrogen) atoms. The number of carbonyl (C=O) groups excluding carboxylic acids is 1. The highest BCUT2D eigenvalue weighted by molar-refractivity contribution is 6.36. The molecule has 2 aromatic rings. The molecule has 0 fully saturated rings. The van der Waals surface area contributed by atoms with E-state index in [9.17, 15) is 9.90 Å². The van der Waals surface area contributed by atoms with Crippen molar-refractivity contribution in [3.8, 4) is 0 Å². The third-order valence-electron chi connectivity index (χ3n) is 3.02. The third kappa shape index (κ3) is 3.56. The summed E-state index contributed by atoms with van der Waals surface area (Å²) >= 11 is 12.0. The summed E-state index contributed by atoms with van der Waals surface area (Å²) in [5, 5.41) is 17.6. The van der Waals surface area contributed by atoms with Crippen molar-refractivity contribution in [3.05, 3.63) is 51.3 Å². The number of amides is 1. The second kappa shape index (κ2) is 6.47. The van der Waals surface area contributed by atoms with E-state index in [1.54, 1.807) is 38.2 Å². The van der Waals surface area contributed by atoms with E-state index in [-0.39, 0.29) is 12.5 Å². The van der Waals surface area contributed by atoms with Crippen LogP contribution in [0.25, 0.3) is 0 Å². The number of aliphatic hydroxyl groups is 1. The van der Waals surface area contributed by atoms with Gasteiger partial charge in [0.1, 0.15) is 5.69 Å². The molecule has 0 aliphatic carbocycles. The number of halogens is 2. The van der Waals surface area contributed by atoms with E-state index in [2.05, 4.69) is 10.4 Å². The molecular formula is C14H15Cl2N3O2. The highest BCUT2D eigenvalue weighted by atomic mass is 35.5. The molecule has 1 atom stereocenters. The van der Waals surface area contributed by atoms with Crippen LogP contribution in [0.3, 0.4) is 0 Å². The Labute approximate surface area is 132 Å². The molecule has 1 amide bonds. The van der Waals surface area contributed by atoms with Crippen LogP contribution >= 0.6 is 23.2 Å². The first-order valence-electron chi connectivity index (χ1n) is 6.31. The van der Waals surface area contributed by atoms with Gasteiger partial charge >= 0.3 is 0 Å². The molecule has 0 radical (unpaired) electrons. The Bertz CT molecular complexity index is 650. The molecule has 2 N–H and O–H groups in total. The Morgan fingerprint density at radius 2 is 2.05 bits per heavy atom. The highest BCUT2D eigenvalue weighted by Crippen LogP contribution is 2.29. The number of hydrogen-bond acceptors (Lipinski definition) is 3. The summed E-state index contributed by atoms with van der Waals surface area (Å²) in [5.74, 6) is -0.319. The summed E-state index contributed by atoms with van der Waals surface area (Å²) in [6.45, 7) is 1.81. The molecule has 0 saturated carbocycles. The first-order valence-corrected chi connectivity index (χ1v) is 7.06. The highest BCUT2D eigenvalue weighted by Gasteiger charge is 2.18. The van der Waals surface area contributed by atoms with Gasteiger partial charge < -0.3 is 10.4 Å². The SMILES string of the molecule is Cc1cc(C(=O)NCC(O)c2c(Cl)cccc2Cl)n(C)n1. The fourth-order valence-corrected chi connectivity index (χ4v) is 2.68.